The minimum atomic E-state index is -4.53. The van der Waals surface area contributed by atoms with Crippen LogP contribution in [0, 0.1) is 5.92 Å². The van der Waals surface area contributed by atoms with Crippen LogP contribution in [-0.4, -0.2) is 24.7 Å². The number of nitrogens with zero attached hydrogens (tertiary/aromatic N) is 5. The Morgan fingerprint density at radius 1 is 1.28 bits per heavy atom. The minimum Gasteiger partial charge on any atom is -0.301 e. The van der Waals surface area contributed by atoms with Crippen LogP contribution in [0.3, 0.4) is 0 Å². The van der Waals surface area contributed by atoms with Crippen molar-refractivity contribution < 1.29 is 13.2 Å². The van der Waals surface area contributed by atoms with E-state index < -0.39 is 12.0 Å². The van der Waals surface area contributed by atoms with E-state index in [9.17, 15) is 13.2 Å². The highest BCUT2D eigenvalue weighted by Crippen LogP contribution is 2.42. The Morgan fingerprint density at radius 2 is 2.08 bits per heavy atom. The van der Waals surface area contributed by atoms with Crippen molar-refractivity contribution in [3.63, 3.8) is 0 Å². The molecule has 25 heavy (non-hydrogen) atoms. The quantitative estimate of drug-likeness (QED) is 0.621. The summed E-state index contributed by atoms with van der Waals surface area (Å²) >= 11 is 2.76. The second kappa shape index (κ2) is 5.94. The lowest BCUT2D eigenvalue weighted by Gasteiger charge is -2.18. The number of alkyl halides is 3. The van der Waals surface area contributed by atoms with Crippen LogP contribution in [0.2, 0.25) is 0 Å². The number of halogens is 3. The number of hydrogen-bond acceptors (Lipinski definition) is 6. The third-order valence-electron chi connectivity index (χ3n) is 4.33. The number of rotatable bonds is 2. The molecule has 132 valence electrons. The molecule has 1 aliphatic carbocycles. The topological polar surface area (TPSA) is 56.5 Å². The van der Waals surface area contributed by atoms with Gasteiger partial charge in [0, 0.05) is 17.3 Å². The molecule has 3 aromatic heterocycles. The summed E-state index contributed by atoms with van der Waals surface area (Å²) < 4.78 is 39.7. The third kappa shape index (κ3) is 2.91. The first kappa shape index (κ1) is 16.8. The Bertz CT molecular complexity index is 947. The zero-order valence-corrected chi connectivity index (χ0v) is 15.1. The van der Waals surface area contributed by atoms with Crippen molar-refractivity contribution in [2.45, 2.75) is 42.5 Å². The molecule has 5 nitrogen and oxygen atoms in total. The zero-order chi connectivity index (χ0) is 17.8. The molecule has 0 aromatic carbocycles. The lowest BCUT2D eigenvalue weighted by molar-refractivity contribution is -0.147. The average Bonchev–Trinajstić information content (AvgIpc) is 3.07. The van der Waals surface area contributed by atoms with E-state index in [1.54, 1.807) is 11.3 Å². The monoisotopic (exact) mass is 385 g/mol. The van der Waals surface area contributed by atoms with Crippen LogP contribution in [0.5, 0.6) is 0 Å². The fourth-order valence-electron chi connectivity index (χ4n) is 3.06. The molecule has 0 aliphatic heterocycles. The summed E-state index contributed by atoms with van der Waals surface area (Å²) in [5.74, 6) is -0.376. The molecule has 0 radical (unpaired) electrons. The van der Waals surface area contributed by atoms with Gasteiger partial charge in [0.1, 0.15) is 16.2 Å². The summed E-state index contributed by atoms with van der Waals surface area (Å²) in [5, 5.41) is 8.72. The van der Waals surface area contributed by atoms with E-state index in [0.717, 1.165) is 45.8 Å². The number of fused-ring (bicyclic) bond motifs is 3. The second-order valence-electron chi connectivity index (χ2n) is 6.18. The van der Waals surface area contributed by atoms with Crippen LogP contribution in [0.1, 0.15) is 29.6 Å². The lowest BCUT2D eigenvalue weighted by Crippen LogP contribution is -2.13. The Morgan fingerprint density at radius 3 is 2.80 bits per heavy atom. The second-order valence-corrected chi connectivity index (χ2v) is 8.22. The highest BCUT2D eigenvalue weighted by Gasteiger charge is 2.37. The summed E-state index contributed by atoms with van der Waals surface area (Å²) in [7, 11) is 1.31. The van der Waals surface area contributed by atoms with Gasteiger partial charge in [-0.2, -0.15) is 13.2 Å². The van der Waals surface area contributed by atoms with Crippen LogP contribution in [-0.2, 0) is 26.1 Å². The molecule has 4 rings (SSSR count). The first-order valence-electron chi connectivity index (χ1n) is 7.74. The maximum Gasteiger partial charge on any atom is 0.451 e. The standard InChI is InChI=1S/C15H14F3N5S2/c1-7-3-4-8-9(5-7)24-11-10(8)12(20-6-19-11)25-14-22-21-13(23(14)2)15(16,17)18/h6-7H,3-5H2,1-2H3/t7-/m0/s1. The van der Waals surface area contributed by atoms with E-state index in [0.29, 0.717) is 10.9 Å². The predicted molar refractivity (Wildman–Crippen MR) is 88.7 cm³/mol. The third-order valence-corrected chi connectivity index (χ3v) is 6.54. The molecule has 0 amide bonds. The number of aromatic nitrogens is 5. The average molecular weight is 385 g/mol. The molecule has 0 unspecified atom stereocenters. The highest BCUT2D eigenvalue weighted by molar-refractivity contribution is 7.99. The van der Waals surface area contributed by atoms with Gasteiger partial charge in [-0.15, -0.1) is 21.5 Å². The van der Waals surface area contributed by atoms with Crippen molar-refractivity contribution in [3.05, 3.63) is 22.6 Å². The van der Waals surface area contributed by atoms with Gasteiger partial charge in [0.05, 0.1) is 0 Å². The van der Waals surface area contributed by atoms with Crippen LogP contribution < -0.4 is 0 Å². The summed E-state index contributed by atoms with van der Waals surface area (Å²) in [6.45, 7) is 2.23. The minimum absolute atomic E-state index is 0.163. The fourth-order valence-corrected chi connectivity index (χ4v) is 5.38. The summed E-state index contributed by atoms with van der Waals surface area (Å²) in [4.78, 5) is 10.9. The fraction of sp³-hybridized carbons (Fsp3) is 0.467. The van der Waals surface area contributed by atoms with Crippen LogP contribution in [0.4, 0.5) is 13.2 Å². The van der Waals surface area contributed by atoms with Gasteiger partial charge in [-0.25, -0.2) is 9.97 Å². The Kier molecular flexibility index (Phi) is 3.99. The highest BCUT2D eigenvalue weighted by atomic mass is 32.2. The van der Waals surface area contributed by atoms with Crippen molar-refractivity contribution in [2.24, 2.45) is 13.0 Å². The number of hydrogen-bond donors (Lipinski definition) is 0. The molecule has 3 heterocycles. The largest absolute Gasteiger partial charge is 0.451 e. The van der Waals surface area contributed by atoms with E-state index >= 15 is 0 Å². The Labute approximate surface area is 149 Å². The van der Waals surface area contributed by atoms with Crippen molar-refractivity contribution in [3.8, 4) is 0 Å². The molecule has 0 saturated carbocycles. The van der Waals surface area contributed by atoms with E-state index in [2.05, 4.69) is 27.1 Å². The number of aryl methyl sites for hydroxylation is 1. The van der Waals surface area contributed by atoms with Gasteiger partial charge < -0.3 is 4.57 Å². The summed E-state index contributed by atoms with van der Waals surface area (Å²) in [6.07, 6.45) is -0.0109. The zero-order valence-electron chi connectivity index (χ0n) is 13.5. The van der Waals surface area contributed by atoms with Gasteiger partial charge in [-0.1, -0.05) is 6.92 Å². The van der Waals surface area contributed by atoms with Crippen molar-refractivity contribution in [1.29, 1.82) is 0 Å². The Hall–Kier alpha value is -1.68. The van der Waals surface area contributed by atoms with Gasteiger partial charge in [0.2, 0.25) is 5.82 Å². The molecular weight excluding hydrogens is 371 g/mol. The first-order valence-corrected chi connectivity index (χ1v) is 9.37. The van der Waals surface area contributed by atoms with Gasteiger partial charge >= 0.3 is 6.18 Å². The number of thiophene rings is 1. The van der Waals surface area contributed by atoms with Crippen molar-refractivity contribution in [2.75, 3.05) is 0 Å². The predicted octanol–water partition coefficient (Wildman–Crippen LogP) is 4.11. The first-order chi connectivity index (χ1) is 11.8. The molecule has 1 atom stereocenters. The van der Waals surface area contributed by atoms with Gasteiger partial charge in [0.25, 0.3) is 0 Å². The molecule has 0 N–H and O–H groups in total. The SMILES string of the molecule is C[C@H]1CCc2c(sc3ncnc(Sc4nnc(C(F)(F)F)n4C)c23)C1. The van der Waals surface area contributed by atoms with Gasteiger partial charge in [-0.05, 0) is 42.5 Å². The summed E-state index contributed by atoms with van der Waals surface area (Å²) in [6, 6.07) is 0. The van der Waals surface area contributed by atoms with Gasteiger partial charge in [-0.3, -0.25) is 0 Å². The molecule has 3 aromatic rings. The molecule has 0 saturated heterocycles. The van der Waals surface area contributed by atoms with Crippen LogP contribution >= 0.6 is 23.1 Å². The molecule has 0 fully saturated rings. The molecule has 0 spiro atoms. The van der Waals surface area contributed by atoms with E-state index in [4.69, 9.17) is 0 Å². The van der Waals surface area contributed by atoms with Crippen molar-refractivity contribution >= 4 is 33.3 Å². The van der Waals surface area contributed by atoms with Crippen molar-refractivity contribution in [1.82, 2.24) is 24.7 Å². The smallest absolute Gasteiger partial charge is 0.301 e. The van der Waals surface area contributed by atoms with E-state index in [1.807, 2.05) is 0 Å². The van der Waals surface area contributed by atoms with E-state index in [-0.39, 0.29) is 5.16 Å². The molecule has 0 bridgehead atoms. The lowest BCUT2D eigenvalue weighted by atomic mass is 9.89. The van der Waals surface area contributed by atoms with Crippen LogP contribution in [0.15, 0.2) is 16.5 Å². The maximum absolute atomic E-state index is 12.9. The molecular formula is C15H14F3N5S2. The van der Waals surface area contributed by atoms with Gasteiger partial charge in [0.15, 0.2) is 5.16 Å². The summed E-state index contributed by atoms with van der Waals surface area (Å²) in [5.41, 5.74) is 1.24. The van der Waals surface area contributed by atoms with Crippen LogP contribution in [0.25, 0.3) is 10.2 Å². The van der Waals surface area contributed by atoms with E-state index in [1.165, 1.54) is 23.8 Å². The normalized spacial score (nSPS) is 17.9. The Balaban J connectivity index is 1.77. The molecule has 10 heteroatoms. The molecule has 1 aliphatic rings. The maximum atomic E-state index is 12.9.